The molecule has 0 saturated heterocycles. The summed E-state index contributed by atoms with van der Waals surface area (Å²) in [6.07, 6.45) is 0. The monoisotopic (exact) mass is 291 g/mol. The van der Waals surface area contributed by atoms with Gasteiger partial charge in [0.15, 0.2) is 5.75 Å². The molecule has 0 aliphatic heterocycles. The average Bonchev–Trinajstić information content (AvgIpc) is 2.70. The molecule has 1 aromatic heterocycles. The van der Waals surface area contributed by atoms with Crippen molar-refractivity contribution in [3.05, 3.63) is 45.1 Å². The maximum Gasteiger partial charge on any atom is 0.339 e. The fraction of sp³-hybridized carbons (Fsp3) is 0.143. The molecular weight excluding hydrogens is 278 g/mol. The lowest BCUT2D eigenvalue weighted by atomic mass is 10.1. The standard InChI is InChI=1S/C14H13NO4S/c1-7-6-10(8(2)20-7)13(17)15-11-5-3-4-9(12(11)16)14(18)19/h3-6,16H,1-2H3,(H,15,17)(H,18,19). The van der Waals surface area contributed by atoms with E-state index in [1.54, 1.807) is 6.07 Å². The highest BCUT2D eigenvalue weighted by Crippen LogP contribution is 2.29. The van der Waals surface area contributed by atoms with Crippen molar-refractivity contribution < 1.29 is 19.8 Å². The highest BCUT2D eigenvalue weighted by molar-refractivity contribution is 7.12. The number of aryl methyl sites for hydroxylation is 2. The van der Waals surface area contributed by atoms with Crippen molar-refractivity contribution in [2.75, 3.05) is 5.32 Å². The van der Waals surface area contributed by atoms with Crippen LogP contribution in [0.25, 0.3) is 0 Å². The third kappa shape index (κ3) is 2.65. The SMILES string of the molecule is Cc1cc(C(=O)Nc2cccc(C(=O)O)c2O)c(C)s1. The van der Waals surface area contributed by atoms with E-state index in [9.17, 15) is 14.7 Å². The molecular formula is C14H13NO4S. The maximum absolute atomic E-state index is 12.1. The minimum Gasteiger partial charge on any atom is -0.505 e. The van der Waals surface area contributed by atoms with Gasteiger partial charge in [-0.15, -0.1) is 11.3 Å². The summed E-state index contributed by atoms with van der Waals surface area (Å²) in [5, 5.41) is 21.3. The van der Waals surface area contributed by atoms with Crippen LogP contribution in [0.2, 0.25) is 0 Å². The van der Waals surface area contributed by atoms with Gasteiger partial charge in [-0.05, 0) is 32.0 Å². The highest BCUT2D eigenvalue weighted by Gasteiger charge is 2.17. The van der Waals surface area contributed by atoms with Crippen LogP contribution in [0.3, 0.4) is 0 Å². The fourth-order valence-corrected chi connectivity index (χ4v) is 2.78. The predicted octanol–water partition coefficient (Wildman–Crippen LogP) is 3.02. The molecule has 6 heteroatoms. The first-order valence-electron chi connectivity index (χ1n) is 5.84. The maximum atomic E-state index is 12.1. The number of carbonyl (C=O) groups is 2. The quantitative estimate of drug-likeness (QED) is 0.759. The minimum absolute atomic E-state index is 0.0816. The van der Waals surface area contributed by atoms with Gasteiger partial charge >= 0.3 is 5.97 Å². The molecule has 0 aliphatic rings. The van der Waals surface area contributed by atoms with E-state index < -0.39 is 11.7 Å². The topological polar surface area (TPSA) is 86.6 Å². The van der Waals surface area contributed by atoms with Crippen LogP contribution in [0, 0.1) is 13.8 Å². The number of thiophene rings is 1. The number of nitrogens with one attached hydrogen (secondary N) is 1. The number of hydrogen-bond acceptors (Lipinski definition) is 4. The number of phenols is 1. The molecule has 0 radical (unpaired) electrons. The summed E-state index contributed by atoms with van der Waals surface area (Å²) < 4.78 is 0. The smallest absolute Gasteiger partial charge is 0.339 e. The molecule has 1 aromatic carbocycles. The Morgan fingerprint density at radius 3 is 2.45 bits per heavy atom. The van der Waals surface area contributed by atoms with Crippen molar-refractivity contribution >= 4 is 28.9 Å². The summed E-state index contributed by atoms with van der Waals surface area (Å²) in [5.74, 6) is -2.07. The van der Waals surface area contributed by atoms with Gasteiger partial charge in [0.1, 0.15) is 5.56 Å². The van der Waals surface area contributed by atoms with E-state index in [4.69, 9.17) is 5.11 Å². The summed E-state index contributed by atoms with van der Waals surface area (Å²) in [4.78, 5) is 24.9. The van der Waals surface area contributed by atoms with Crippen LogP contribution in [-0.4, -0.2) is 22.1 Å². The summed E-state index contributed by atoms with van der Waals surface area (Å²) in [7, 11) is 0. The summed E-state index contributed by atoms with van der Waals surface area (Å²) in [6, 6.07) is 5.94. The Labute approximate surface area is 119 Å². The second kappa shape index (κ2) is 5.34. The molecule has 2 aromatic rings. The fourth-order valence-electron chi connectivity index (χ4n) is 1.86. The molecule has 1 heterocycles. The lowest BCUT2D eigenvalue weighted by molar-refractivity contribution is 0.0693. The first-order chi connectivity index (χ1) is 9.40. The van der Waals surface area contributed by atoms with Crippen LogP contribution in [-0.2, 0) is 0 Å². The van der Waals surface area contributed by atoms with Crippen molar-refractivity contribution in [3.8, 4) is 5.75 Å². The minimum atomic E-state index is -1.25. The second-order valence-electron chi connectivity index (χ2n) is 4.29. The number of hydrogen-bond donors (Lipinski definition) is 3. The van der Waals surface area contributed by atoms with Crippen LogP contribution in [0.1, 0.15) is 30.5 Å². The molecule has 0 fully saturated rings. The summed E-state index contributed by atoms with van der Waals surface area (Å²) in [5.41, 5.74) is 0.354. The van der Waals surface area contributed by atoms with Gasteiger partial charge in [-0.2, -0.15) is 0 Å². The Bertz CT molecular complexity index is 690. The largest absolute Gasteiger partial charge is 0.505 e. The number of carboxylic acid groups (broad SMARTS) is 1. The van der Waals surface area contributed by atoms with Crippen molar-refractivity contribution in [2.45, 2.75) is 13.8 Å². The Balaban J connectivity index is 2.31. The molecule has 0 saturated carbocycles. The number of anilines is 1. The number of aromatic carboxylic acids is 1. The van der Waals surface area contributed by atoms with Crippen LogP contribution in [0.5, 0.6) is 5.75 Å². The van der Waals surface area contributed by atoms with E-state index in [1.807, 2.05) is 13.8 Å². The Morgan fingerprint density at radius 1 is 1.20 bits per heavy atom. The predicted molar refractivity (Wildman–Crippen MR) is 76.8 cm³/mol. The van der Waals surface area contributed by atoms with Crippen LogP contribution < -0.4 is 5.32 Å². The van der Waals surface area contributed by atoms with E-state index in [1.165, 1.54) is 29.5 Å². The molecule has 0 unspecified atom stereocenters. The van der Waals surface area contributed by atoms with Crippen LogP contribution in [0.4, 0.5) is 5.69 Å². The normalized spacial score (nSPS) is 10.3. The van der Waals surface area contributed by atoms with Crippen molar-refractivity contribution in [3.63, 3.8) is 0 Å². The number of carbonyl (C=O) groups excluding carboxylic acids is 1. The first-order valence-corrected chi connectivity index (χ1v) is 6.65. The van der Waals surface area contributed by atoms with Gasteiger partial charge in [0, 0.05) is 9.75 Å². The van der Waals surface area contributed by atoms with Crippen molar-refractivity contribution in [2.24, 2.45) is 0 Å². The molecule has 0 aliphatic carbocycles. The van der Waals surface area contributed by atoms with Gasteiger partial charge in [0.2, 0.25) is 0 Å². The van der Waals surface area contributed by atoms with Crippen LogP contribution >= 0.6 is 11.3 Å². The Kier molecular flexibility index (Phi) is 3.76. The van der Waals surface area contributed by atoms with E-state index in [2.05, 4.69) is 5.32 Å². The molecule has 3 N–H and O–H groups in total. The zero-order valence-electron chi connectivity index (χ0n) is 10.9. The molecule has 1 amide bonds. The highest BCUT2D eigenvalue weighted by atomic mass is 32.1. The van der Waals surface area contributed by atoms with E-state index in [-0.39, 0.29) is 17.2 Å². The van der Waals surface area contributed by atoms with E-state index in [0.717, 1.165) is 9.75 Å². The van der Waals surface area contributed by atoms with E-state index >= 15 is 0 Å². The number of benzene rings is 1. The summed E-state index contributed by atoms with van der Waals surface area (Å²) >= 11 is 1.50. The average molecular weight is 291 g/mol. The molecule has 0 spiro atoms. The number of rotatable bonds is 3. The zero-order chi connectivity index (χ0) is 14.9. The van der Waals surface area contributed by atoms with Crippen molar-refractivity contribution in [1.29, 1.82) is 0 Å². The number of amides is 1. The van der Waals surface area contributed by atoms with Gasteiger partial charge < -0.3 is 15.5 Å². The lowest BCUT2D eigenvalue weighted by Gasteiger charge is -2.08. The van der Waals surface area contributed by atoms with Crippen molar-refractivity contribution in [1.82, 2.24) is 0 Å². The van der Waals surface area contributed by atoms with Gasteiger partial charge in [-0.1, -0.05) is 6.07 Å². The van der Waals surface area contributed by atoms with Gasteiger partial charge in [0.25, 0.3) is 5.91 Å². The second-order valence-corrected chi connectivity index (χ2v) is 5.75. The molecule has 104 valence electrons. The van der Waals surface area contributed by atoms with Gasteiger partial charge in [0.05, 0.1) is 11.3 Å². The first kappa shape index (κ1) is 14.1. The van der Waals surface area contributed by atoms with Gasteiger partial charge in [-0.25, -0.2) is 4.79 Å². The number of aromatic hydroxyl groups is 1. The van der Waals surface area contributed by atoms with Gasteiger partial charge in [-0.3, -0.25) is 4.79 Å². The lowest BCUT2D eigenvalue weighted by Crippen LogP contribution is -2.13. The zero-order valence-corrected chi connectivity index (χ0v) is 11.7. The Hall–Kier alpha value is -2.34. The molecule has 0 bridgehead atoms. The number of para-hydroxylation sites is 1. The third-order valence-corrected chi connectivity index (χ3v) is 3.77. The molecule has 20 heavy (non-hydrogen) atoms. The number of carboxylic acids is 1. The van der Waals surface area contributed by atoms with E-state index in [0.29, 0.717) is 5.56 Å². The summed E-state index contributed by atoms with van der Waals surface area (Å²) in [6.45, 7) is 3.73. The molecule has 5 nitrogen and oxygen atoms in total. The molecule has 2 rings (SSSR count). The van der Waals surface area contributed by atoms with Crippen LogP contribution in [0.15, 0.2) is 24.3 Å². The molecule has 0 atom stereocenters. The Morgan fingerprint density at radius 2 is 1.90 bits per heavy atom. The third-order valence-electron chi connectivity index (χ3n) is 2.80.